The number of carbonyl (C=O) groups excluding carboxylic acids is 1. The predicted octanol–water partition coefficient (Wildman–Crippen LogP) is 2.24. The second kappa shape index (κ2) is 6.18. The van der Waals surface area contributed by atoms with Gasteiger partial charge in [-0.1, -0.05) is 0 Å². The molecule has 116 valence electrons. The van der Waals surface area contributed by atoms with Crippen LogP contribution in [0.15, 0.2) is 34.9 Å². The van der Waals surface area contributed by atoms with Crippen LogP contribution in [0.1, 0.15) is 23.3 Å². The van der Waals surface area contributed by atoms with Crippen molar-refractivity contribution in [2.45, 2.75) is 18.9 Å². The third-order valence-corrected chi connectivity index (χ3v) is 4.28. The molecule has 0 spiro atoms. The number of carbonyl (C=O) groups is 1. The van der Waals surface area contributed by atoms with E-state index in [-0.39, 0.29) is 23.5 Å². The molecular formula is C15H16BrFN4O. The van der Waals surface area contributed by atoms with Crippen LogP contribution in [0, 0.1) is 11.7 Å². The standard InChI is InChI=1S/C15H16BrFN4O/c16-12-8-21(11-5-3-10(17)4-6-11)20-14(12)15(22)19-7-13(18)9-1-2-9/h3-6,8-9,13H,1-2,7,18H2,(H,19,22). The van der Waals surface area contributed by atoms with Crippen molar-refractivity contribution in [3.63, 3.8) is 0 Å². The molecule has 0 radical (unpaired) electrons. The topological polar surface area (TPSA) is 72.9 Å². The number of aromatic nitrogens is 2. The number of hydrogen-bond donors (Lipinski definition) is 2. The molecule has 1 saturated carbocycles. The number of hydrogen-bond acceptors (Lipinski definition) is 3. The second-order valence-corrected chi connectivity index (χ2v) is 6.31. The van der Waals surface area contributed by atoms with Gasteiger partial charge in [0.25, 0.3) is 5.91 Å². The molecule has 1 fully saturated rings. The van der Waals surface area contributed by atoms with E-state index in [1.54, 1.807) is 18.3 Å². The lowest BCUT2D eigenvalue weighted by molar-refractivity contribution is 0.0944. The molecule has 1 unspecified atom stereocenters. The molecular weight excluding hydrogens is 351 g/mol. The van der Waals surface area contributed by atoms with E-state index in [0.29, 0.717) is 22.6 Å². The fourth-order valence-electron chi connectivity index (χ4n) is 2.22. The van der Waals surface area contributed by atoms with E-state index < -0.39 is 0 Å². The number of amides is 1. The predicted molar refractivity (Wildman–Crippen MR) is 84.3 cm³/mol. The van der Waals surface area contributed by atoms with Gasteiger partial charge in [-0.15, -0.1) is 0 Å². The fraction of sp³-hybridized carbons (Fsp3) is 0.333. The zero-order valence-corrected chi connectivity index (χ0v) is 13.4. The van der Waals surface area contributed by atoms with Gasteiger partial charge >= 0.3 is 0 Å². The Morgan fingerprint density at radius 1 is 1.45 bits per heavy atom. The molecule has 0 saturated heterocycles. The van der Waals surface area contributed by atoms with E-state index in [1.807, 2.05) is 0 Å². The Hall–Kier alpha value is -1.73. The average molecular weight is 367 g/mol. The van der Waals surface area contributed by atoms with Crippen LogP contribution >= 0.6 is 15.9 Å². The van der Waals surface area contributed by atoms with Crippen molar-refractivity contribution in [1.82, 2.24) is 15.1 Å². The normalized spacial score (nSPS) is 15.6. The van der Waals surface area contributed by atoms with Crippen LogP contribution in [0.25, 0.3) is 5.69 Å². The van der Waals surface area contributed by atoms with Crippen LogP contribution in [-0.2, 0) is 0 Å². The molecule has 1 heterocycles. The maximum atomic E-state index is 12.9. The van der Waals surface area contributed by atoms with Crippen LogP contribution in [0.3, 0.4) is 0 Å². The third kappa shape index (κ3) is 3.36. The molecule has 3 rings (SSSR count). The second-order valence-electron chi connectivity index (χ2n) is 5.46. The molecule has 0 bridgehead atoms. The van der Waals surface area contributed by atoms with Crippen LogP contribution < -0.4 is 11.1 Å². The molecule has 1 aliphatic carbocycles. The molecule has 7 heteroatoms. The first-order chi connectivity index (χ1) is 10.5. The highest BCUT2D eigenvalue weighted by molar-refractivity contribution is 9.10. The third-order valence-electron chi connectivity index (χ3n) is 3.70. The van der Waals surface area contributed by atoms with Gasteiger partial charge in [-0.05, 0) is 59.0 Å². The minimum absolute atomic E-state index is 0.00177. The first-order valence-electron chi connectivity index (χ1n) is 7.09. The summed E-state index contributed by atoms with van der Waals surface area (Å²) in [4.78, 5) is 12.2. The Balaban J connectivity index is 1.71. The van der Waals surface area contributed by atoms with Gasteiger partial charge in [0.05, 0.1) is 10.2 Å². The molecule has 3 N–H and O–H groups in total. The highest BCUT2D eigenvalue weighted by Gasteiger charge is 2.29. The lowest BCUT2D eigenvalue weighted by Gasteiger charge is -2.10. The van der Waals surface area contributed by atoms with Crippen molar-refractivity contribution in [1.29, 1.82) is 0 Å². The molecule has 0 aliphatic heterocycles. The quantitative estimate of drug-likeness (QED) is 0.852. The fourth-order valence-corrected chi connectivity index (χ4v) is 2.67. The van der Waals surface area contributed by atoms with Gasteiger partial charge in [0, 0.05) is 18.8 Å². The van der Waals surface area contributed by atoms with Crippen LogP contribution in [0.4, 0.5) is 4.39 Å². The molecule has 5 nitrogen and oxygen atoms in total. The van der Waals surface area contributed by atoms with Crippen molar-refractivity contribution in [3.05, 3.63) is 46.4 Å². The summed E-state index contributed by atoms with van der Waals surface area (Å²) in [5, 5.41) is 7.05. The highest BCUT2D eigenvalue weighted by Crippen LogP contribution is 2.31. The van der Waals surface area contributed by atoms with Crippen LogP contribution in [0.2, 0.25) is 0 Å². The summed E-state index contributed by atoms with van der Waals surface area (Å²) >= 11 is 3.33. The zero-order valence-electron chi connectivity index (χ0n) is 11.8. The van der Waals surface area contributed by atoms with Crippen LogP contribution in [0.5, 0.6) is 0 Å². The molecule has 22 heavy (non-hydrogen) atoms. The van der Waals surface area contributed by atoms with Gasteiger partial charge < -0.3 is 11.1 Å². The molecule has 1 aromatic heterocycles. The summed E-state index contributed by atoms with van der Waals surface area (Å²) in [5.74, 6) is -0.0636. The number of benzene rings is 1. The number of rotatable bonds is 5. The molecule has 2 aromatic rings. The first kappa shape index (κ1) is 15.2. The van der Waals surface area contributed by atoms with E-state index in [2.05, 4.69) is 26.3 Å². The smallest absolute Gasteiger partial charge is 0.273 e. The van der Waals surface area contributed by atoms with Crippen molar-refractivity contribution in [2.75, 3.05) is 6.54 Å². The summed E-state index contributed by atoms with van der Waals surface area (Å²) in [6.45, 7) is 0.444. The summed E-state index contributed by atoms with van der Waals surface area (Å²) in [5.41, 5.74) is 6.93. The molecule has 1 aromatic carbocycles. The van der Waals surface area contributed by atoms with Gasteiger partial charge in [-0.2, -0.15) is 5.10 Å². The number of halogens is 2. The number of nitrogens with one attached hydrogen (secondary N) is 1. The van der Waals surface area contributed by atoms with Gasteiger partial charge in [-0.3, -0.25) is 4.79 Å². The van der Waals surface area contributed by atoms with E-state index in [1.165, 1.54) is 16.8 Å². The Morgan fingerprint density at radius 3 is 2.77 bits per heavy atom. The van der Waals surface area contributed by atoms with Gasteiger partial charge in [0.2, 0.25) is 0 Å². The van der Waals surface area contributed by atoms with E-state index >= 15 is 0 Å². The minimum Gasteiger partial charge on any atom is -0.349 e. The van der Waals surface area contributed by atoms with E-state index in [9.17, 15) is 9.18 Å². The highest BCUT2D eigenvalue weighted by atomic mass is 79.9. The van der Waals surface area contributed by atoms with Crippen molar-refractivity contribution < 1.29 is 9.18 Å². The van der Waals surface area contributed by atoms with Crippen LogP contribution in [-0.4, -0.2) is 28.3 Å². The van der Waals surface area contributed by atoms with Gasteiger partial charge in [0.15, 0.2) is 5.69 Å². The van der Waals surface area contributed by atoms with Gasteiger partial charge in [0.1, 0.15) is 5.82 Å². The first-order valence-corrected chi connectivity index (χ1v) is 7.89. The maximum absolute atomic E-state index is 12.9. The summed E-state index contributed by atoms with van der Waals surface area (Å²) < 4.78 is 15.1. The summed E-state index contributed by atoms with van der Waals surface area (Å²) in [7, 11) is 0. The summed E-state index contributed by atoms with van der Waals surface area (Å²) in [6, 6.07) is 5.89. The molecule has 1 amide bonds. The maximum Gasteiger partial charge on any atom is 0.273 e. The Kier molecular flexibility index (Phi) is 4.26. The Labute approximate surface area is 135 Å². The Morgan fingerprint density at radius 2 is 2.14 bits per heavy atom. The molecule has 1 atom stereocenters. The Bertz CT molecular complexity index is 681. The number of nitrogens with zero attached hydrogens (tertiary/aromatic N) is 2. The lowest BCUT2D eigenvalue weighted by atomic mass is 10.2. The summed E-state index contributed by atoms with van der Waals surface area (Å²) in [6.07, 6.45) is 3.95. The molecule has 1 aliphatic rings. The zero-order chi connectivity index (χ0) is 15.7. The van der Waals surface area contributed by atoms with E-state index in [0.717, 1.165) is 12.8 Å². The van der Waals surface area contributed by atoms with Crippen molar-refractivity contribution in [2.24, 2.45) is 11.7 Å². The van der Waals surface area contributed by atoms with Crippen molar-refractivity contribution >= 4 is 21.8 Å². The van der Waals surface area contributed by atoms with E-state index in [4.69, 9.17) is 5.73 Å². The van der Waals surface area contributed by atoms with Crippen molar-refractivity contribution in [3.8, 4) is 5.69 Å². The largest absolute Gasteiger partial charge is 0.349 e. The average Bonchev–Trinajstić information content (AvgIpc) is 3.28. The minimum atomic E-state index is -0.318. The van der Waals surface area contributed by atoms with Gasteiger partial charge in [-0.25, -0.2) is 9.07 Å². The SMILES string of the molecule is NC(CNC(=O)c1nn(-c2ccc(F)cc2)cc1Br)C1CC1. The number of nitrogens with two attached hydrogens (primary N) is 1. The lowest BCUT2D eigenvalue weighted by Crippen LogP contribution is -2.38. The monoisotopic (exact) mass is 366 g/mol.